The van der Waals surface area contributed by atoms with Crippen LogP contribution in [0.25, 0.3) is 0 Å². The number of allylic oxidation sites excluding steroid dienone is 4. The van der Waals surface area contributed by atoms with Gasteiger partial charge in [0.2, 0.25) is 0 Å². The minimum absolute atomic E-state index is 0.0150. The van der Waals surface area contributed by atoms with E-state index >= 15 is 0 Å². The largest absolute Gasteiger partial charge is 0.118 e. The number of hydrogen-bond acceptors (Lipinski definition) is 0. The monoisotopic (exact) mass is 142 g/mol. The summed E-state index contributed by atoms with van der Waals surface area (Å²) in [5.41, 5.74) is 0.913. The molecule has 0 heterocycles. The highest BCUT2D eigenvalue weighted by atomic mass is 35.5. The van der Waals surface area contributed by atoms with Crippen molar-refractivity contribution in [3.8, 4) is 0 Å². The molecule has 0 saturated heterocycles. The molecule has 0 radical (unpaired) electrons. The van der Waals surface area contributed by atoms with E-state index in [4.69, 9.17) is 11.6 Å². The van der Waals surface area contributed by atoms with Gasteiger partial charge in [-0.05, 0) is 12.5 Å². The Morgan fingerprint density at radius 3 is 2.56 bits per heavy atom. The fourth-order valence-corrected chi connectivity index (χ4v) is 0.397. The predicted molar refractivity (Wildman–Crippen MR) is 43.8 cm³/mol. The quantitative estimate of drug-likeness (QED) is 0.420. The molecule has 0 N–H and O–H groups in total. The van der Waals surface area contributed by atoms with E-state index in [9.17, 15) is 0 Å². The maximum atomic E-state index is 5.68. The Bertz CT molecular complexity index is 132. The minimum atomic E-state index is 0.0150. The molecule has 0 aromatic carbocycles. The standard InChI is InChI=1S/C8H11Cl/c1-4-5-6-7(2)8(3)9/h4-6,8H,1-2H2,3H3. The molecule has 0 aromatic rings. The Labute approximate surface area is 61.5 Å². The first-order valence-electron chi connectivity index (χ1n) is 2.80. The summed E-state index contributed by atoms with van der Waals surface area (Å²) >= 11 is 5.68. The van der Waals surface area contributed by atoms with Crippen molar-refractivity contribution in [1.29, 1.82) is 0 Å². The lowest BCUT2D eigenvalue weighted by Crippen LogP contribution is -1.90. The van der Waals surface area contributed by atoms with E-state index in [2.05, 4.69) is 13.2 Å². The van der Waals surface area contributed by atoms with Crippen LogP contribution in [-0.4, -0.2) is 5.38 Å². The third-order valence-electron chi connectivity index (χ3n) is 0.957. The summed E-state index contributed by atoms with van der Waals surface area (Å²) in [4.78, 5) is 0. The zero-order valence-corrected chi connectivity index (χ0v) is 6.36. The van der Waals surface area contributed by atoms with Crippen molar-refractivity contribution in [1.82, 2.24) is 0 Å². The second-order valence-electron chi connectivity index (χ2n) is 1.79. The summed E-state index contributed by atoms with van der Waals surface area (Å²) in [6.45, 7) is 9.13. The van der Waals surface area contributed by atoms with Gasteiger partial charge in [-0.2, -0.15) is 0 Å². The predicted octanol–water partition coefficient (Wildman–Crippen LogP) is 2.91. The van der Waals surface area contributed by atoms with E-state index in [0.717, 1.165) is 5.57 Å². The Balaban J connectivity index is 3.76. The van der Waals surface area contributed by atoms with E-state index in [0.29, 0.717) is 0 Å². The molecule has 50 valence electrons. The molecular formula is C8H11Cl. The van der Waals surface area contributed by atoms with Gasteiger partial charge < -0.3 is 0 Å². The molecule has 1 heteroatoms. The van der Waals surface area contributed by atoms with Gasteiger partial charge in [-0.15, -0.1) is 11.6 Å². The average Bonchev–Trinajstić information content (AvgIpc) is 1.82. The average molecular weight is 143 g/mol. The molecule has 1 unspecified atom stereocenters. The van der Waals surface area contributed by atoms with Gasteiger partial charge in [0.05, 0.1) is 5.38 Å². The molecule has 0 aliphatic heterocycles. The SMILES string of the molecule is C=CC=CC(=C)C(C)Cl. The van der Waals surface area contributed by atoms with Gasteiger partial charge in [-0.25, -0.2) is 0 Å². The molecule has 0 spiro atoms. The van der Waals surface area contributed by atoms with E-state index in [1.165, 1.54) is 0 Å². The molecule has 0 saturated carbocycles. The molecule has 0 aliphatic rings. The van der Waals surface area contributed by atoms with Gasteiger partial charge in [-0.1, -0.05) is 31.4 Å². The maximum Gasteiger partial charge on any atom is 0.0551 e. The Morgan fingerprint density at radius 1 is 1.67 bits per heavy atom. The fourth-order valence-electron chi connectivity index (χ4n) is 0.324. The smallest absolute Gasteiger partial charge is 0.0551 e. The van der Waals surface area contributed by atoms with Crippen LogP contribution in [0.4, 0.5) is 0 Å². The molecule has 0 bridgehead atoms. The summed E-state index contributed by atoms with van der Waals surface area (Å²) in [5.74, 6) is 0. The topological polar surface area (TPSA) is 0 Å². The molecule has 0 fully saturated rings. The second kappa shape index (κ2) is 4.39. The van der Waals surface area contributed by atoms with Gasteiger partial charge in [0.25, 0.3) is 0 Å². The molecule has 0 aromatic heterocycles. The van der Waals surface area contributed by atoms with Crippen LogP contribution in [0.1, 0.15) is 6.92 Å². The van der Waals surface area contributed by atoms with Crippen LogP contribution in [0.15, 0.2) is 37.0 Å². The molecule has 0 aliphatic carbocycles. The zero-order chi connectivity index (χ0) is 7.28. The zero-order valence-electron chi connectivity index (χ0n) is 5.60. The first-order chi connectivity index (χ1) is 4.18. The van der Waals surface area contributed by atoms with Crippen molar-refractivity contribution in [2.45, 2.75) is 12.3 Å². The van der Waals surface area contributed by atoms with Gasteiger partial charge in [-0.3, -0.25) is 0 Å². The van der Waals surface area contributed by atoms with Crippen molar-refractivity contribution in [2.75, 3.05) is 0 Å². The second-order valence-corrected chi connectivity index (χ2v) is 2.44. The van der Waals surface area contributed by atoms with Gasteiger partial charge in [0.15, 0.2) is 0 Å². The third-order valence-corrected chi connectivity index (χ3v) is 1.24. The molecule has 0 rings (SSSR count). The first-order valence-corrected chi connectivity index (χ1v) is 3.24. The van der Waals surface area contributed by atoms with Gasteiger partial charge in [0.1, 0.15) is 0 Å². The molecular weight excluding hydrogens is 132 g/mol. The lowest BCUT2D eigenvalue weighted by atomic mass is 10.2. The van der Waals surface area contributed by atoms with Gasteiger partial charge >= 0.3 is 0 Å². The van der Waals surface area contributed by atoms with E-state index in [1.54, 1.807) is 6.08 Å². The highest BCUT2D eigenvalue weighted by Gasteiger charge is 1.94. The van der Waals surface area contributed by atoms with E-state index < -0.39 is 0 Å². The summed E-state index contributed by atoms with van der Waals surface area (Å²) in [6.07, 6.45) is 5.37. The highest BCUT2D eigenvalue weighted by molar-refractivity contribution is 6.22. The van der Waals surface area contributed by atoms with Crippen molar-refractivity contribution >= 4 is 11.6 Å². The summed E-state index contributed by atoms with van der Waals surface area (Å²) < 4.78 is 0. The van der Waals surface area contributed by atoms with E-state index in [1.807, 2.05) is 19.1 Å². The molecule has 0 amide bonds. The lowest BCUT2D eigenvalue weighted by molar-refractivity contribution is 1.17. The number of rotatable bonds is 3. The Morgan fingerprint density at radius 2 is 2.22 bits per heavy atom. The normalized spacial score (nSPS) is 13.6. The first kappa shape index (κ1) is 8.51. The van der Waals surface area contributed by atoms with Crippen LogP contribution in [0.5, 0.6) is 0 Å². The van der Waals surface area contributed by atoms with Crippen LogP contribution >= 0.6 is 11.6 Å². The highest BCUT2D eigenvalue weighted by Crippen LogP contribution is 2.06. The van der Waals surface area contributed by atoms with Crippen molar-refractivity contribution in [3.63, 3.8) is 0 Å². The molecule has 9 heavy (non-hydrogen) atoms. The lowest BCUT2D eigenvalue weighted by Gasteiger charge is -1.98. The van der Waals surface area contributed by atoms with Crippen molar-refractivity contribution in [3.05, 3.63) is 37.0 Å². The van der Waals surface area contributed by atoms with Crippen molar-refractivity contribution < 1.29 is 0 Å². The molecule has 0 nitrogen and oxygen atoms in total. The van der Waals surface area contributed by atoms with Gasteiger partial charge in [0, 0.05) is 0 Å². The van der Waals surface area contributed by atoms with E-state index in [-0.39, 0.29) is 5.38 Å². The van der Waals surface area contributed by atoms with Crippen LogP contribution in [0, 0.1) is 0 Å². The maximum absolute atomic E-state index is 5.68. The van der Waals surface area contributed by atoms with Crippen LogP contribution in [0.3, 0.4) is 0 Å². The van der Waals surface area contributed by atoms with Crippen LogP contribution in [0.2, 0.25) is 0 Å². The number of hydrogen-bond donors (Lipinski definition) is 0. The van der Waals surface area contributed by atoms with Crippen LogP contribution < -0.4 is 0 Å². The van der Waals surface area contributed by atoms with Crippen LogP contribution in [-0.2, 0) is 0 Å². The Kier molecular flexibility index (Phi) is 4.16. The molecule has 1 atom stereocenters. The minimum Gasteiger partial charge on any atom is -0.118 e. The number of halogens is 1. The summed E-state index contributed by atoms with van der Waals surface area (Å²) in [6, 6.07) is 0. The fraction of sp³-hybridized carbons (Fsp3) is 0.250. The van der Waals surface area contributed by atoms with Crippen molar-refractivity contribution in [2.24, 2.45) is 0 Å². The summed E-state index contributed by atoms with van der Waals surface area (Å²) in [5, 5.41) is 0.0150. The number of alkyl halides is 1. The third kappa shape index (κ3) is 4.04. The summed E-state index contributed by atoms with van der Waals surface area (Å²) in [7, 11) is 0. The Hall–Kier alpha value is -0.490.